The van der Waals surface area contributed by atoms with Crippen LogP contribution in [0.1, 0.15) is 24.3 Å². The van der Waals surface area contributed by atoms with E-state index in [1.807, 2.05) is 36.4 Å². The molecule has 5 rings (SSSR count). The van der Waals surface area contributed by atoms with Crippen LogP contribution in [0.2, 0.25) is 5.02 Å². The molecule has 0 saturated carbocycles. The maximum atomic E-state index is 13.7. The molecule has 1 aliphatic rings. The van der Waals surface area contributed by atoms with Gasteiger partial charge in [0.25, 0.3) is 5.56 Å². The average Bonchev–Trinajstić information content (AvgIpc) is 3.51. The van der Waals surface area contributed by atoms with Crippen molar-refractivity contribution in [2.45, 2.75) is 13.0 Å². The van der Waals surface area contributed by atoms with Crippen LogP contribution < -0.4 is 19.6 Å². The van der Waals surface area contributed by atoms with Crippen LogP contribution in [0.3, 0.4) is 0 Å². The smallest absolute Gasteiger partial charge is 0.338 e. The number of hydrogen-bond acceptors (Lipinski definition) is 7. The molecule has 38 heavy (non-hydrogen) atoms. The normalized spacial score (nSPS) is 15.1. The summed E-state index contributed by atoms with van der Waals surface area (Å²) >= 11 is 7.53. The lowest BCUT2D eigenvalue weighted by Gasteiger charge is -2.24. The molecule has 4 aromatic rings. The molecular formula is C29H23ClN2O5S. The number of fused-ring (bicyclic) bond motifs is 1. The zero-order chi connectivity index (χ0) is 26.8. The molecule has 0 saturated heterocycles. The molecule has 3 heterocycles. The number of methoxy groups -OCH3 is 1. The van der Waals surface area contributed by atoms with Crippen LogP contribution in [0.15, 0.2) is 98.8 Å². The molecule has 192 valence electrons. The average molecular weight is 547 g/mol. The first-order valence-corrected chi connectivity index (χ1v) is 12.9. The van der Waals surface area contributed by atoms with Crippen molar-refractivity contribution < 1.29 is 18.7 Å². The minimum absolute atomic E-state index is 0.0433. The van der Waals surface area contributed by atoms with Gasteiger partial charge in [-0.25, -0.2) is 9.79 Å². The van der Waals surface area contributed by atoms with Crippen LogP contribution in [0.25, 0.3) is 17.4 Å². The number of allylic oxidation sites excluding steroid dienone is 1. The van der Waals surface area contributed by atoms with E-state index in [1.165, 1.54) is 22.0 Å². The van der Waals surface area contributed by atoms with Crippen LogP contribution in [-0.4, -0.2) is 24.3 Å². The molecule has 7 nitrogen and oxygen atoms in total. The Labute approximate surface area is 227 Å². The van der Waals surface area contributed by atoms with Gasteiger partial charge in [-0.2, -0.15) is 0 Å². The largest absolute Gasteiger partial charge is 0.497 e. The fraction of sp³-hybridized carbons (Fsp3) is 0.138. The number of hydrogen-bond donors (Lipinski definition) is 0. The van der Waals surface area contributed by atoms with E-state index in [0.29, 0.717) is 37.3 Å². The zero-order valence-corrected chi connectivity index (χ0v) is 22.2. The van der Waals surface area contributed by atoms with Crippen molar-refractivity contribution in [1.29, 1.82) is 0 Å². The predicted molar refractivity (Wildman–Crippen MR) is 147 cm³/mol. The van der Waals surface area contributed by atoms with E-state index in [0.717, 1.165) is 11.1 Å². The summed E-state index contributed by atoms with van der Waals surface area (Å²) < 4.78 is 18.6. The van der Waals surface area contributed by atoms with Gasteiger partial charge in [-0.3, -0.25) is 9.36 Å². The standard InChI is InChI=1S/C29H23ClN2O5S/c1-4-15-36-28(34)25-17(2)31-29-32(26(25)18-9-11-19(35-3)12-10-18)27(33)24(38-29)16-20-13-14-23(37-20)21-7-5-6-8-22(21)30/h4-14,16,26H,1,15H2,2-3H3/b24-16+/t26-/m0/s1. The second-order valence-corrected chi connectivity index (χ2v) is 9.84. The summed E-state index contributed by atoms with van der Waals surface area (Å²) in [4.78, 5) is 31.9. The quantitative estimate of drug-likeness (QED) is 0.243. The van der Waals surface area contributed by atoms with Crippen molar-refractivity contribution >= 4 is 35.0 Å². The van der Waals surface area contributed by atoms with Gasteiger partial charge in [0.05, 0.1) is 34.0 Å². The first-order chi connectivity index (χ1) is 18.4. The molecule has 0 radical (unpaired) electrons. The van der Waals surface area contributed by atoms with Gasteiger partial charge >= 0.3 is 5.97 Å². The summed E-state index contributed by atoms with van der Waals surface area (Å²) in [6.07, 6.45) is 3.16. The summed E-state index contributed by atoms with van der Waals surface area (Å²) in [6.45, 7) is 5.39. The monoisotopic (exact) mass is 546 g/mol. The van der Waals surface area contributed by atoms with E-state index in [-0.39, 0.29) is 17.7 Å². The van der Waals surface area contributed by atoms with Crippen molar-refractivity contribution in [3.63, 3.8) is 0 Å². The Kier molecular flexibility index (Phi) is 7.18. The molecule has 2 aromatic heterocycles. The van der Waals surface area contributed by atoms with Crippen LogP contribution in [-0.2, 0) is 9.53 Å². The lowest BCUT2D eigenvalue weighted by atomic mass is 9.96. The Bertz CT molecular complexity index is 1740. The van der Waals surface area contributed by atoms with Gasteiger partial charge in [0, 0.05) is 11.6 Å². The fourth-order valence-corrected chi connectivity index (χ4v) is 5.52. The number of carbonyl (C=O) groups excluding carboxylic acids is 1. The van der Waals surface area contributed by atoms with E-state index in [1.54, 1.807) is 44.4 Å². The Morgan fingerprint density at radius 1 is 1.18 bits per heavy atom. The number of benzene rings is 2. The number of halogens is 1. The summed E-state index contributed by atoms with van der Waals surface area (Å²) in [5, 5.41) is 0.568. The lowest BCUT2D eigenvalue weighted by molar-refractivity contribution is -0.138. The number of furan rings is 1. The van der Waals surface area contributed by atoms with E-state index in [9.17, 15) is 9.59 Å². The molecule has 0 aliphatic carbocycles. The molecule has 0 unspecified atom stereocenters. The van der Waals surface area contributed by atoms with Gasteiger partial charge in [-0.1, -0.05) is 59.9 Å². The van der Waals surface area contributed by atoms with Crippen molar-refractivity contribution in [3.05, 3.63) is 121 Å². The molecule has 0 spiro atoms. The van der Waals surface area contributed by atoms with Crippen molar-refractivity contribution in [1.82, 2.24) is 4.57 Å². The van der Waals surface area contributed by atoms with Crippen molar-refractivity contribution in [3.8, 4) is 17.1 Å². The van der Waals surface area contributed by atoms with E-state index in [2.05, 4.69) is 11.6 Å². The molecule has 0 bridgehead atoms. The number of thiazole rings is 1. The number of nitrogens with zero attached hydrogens (tertiary/aromatic N) is 2. The second kappa shape index (κ2) is 10.7. The molecular weight excluding hydrogens is 524 g/mol. The van der Waals surface area contributed by atoms with Gasteiger partial charge in [0.1, 0.15) is 23.9 Å². The lowest BCUT2D eigenvalue weighted by Crippen LogP contribution is -2.39. The van der Waals surface area contributed by atoms with Gasteiger partial charge in [-0.05, 0) is 48.9 Å². The van der Waals surface area contributed by atoms with Gasteiger partial charge in [0.15, 0.2) is 4.80 Å². The molecule has 1 atom stereocenters. The molecule has 0 N–H and O–H groups in total. The minimum atomic E-state index is -0.730. The van der Waals surface area contributed by atoms with Crippen LogP contribution >= 0.6 is 22.9 Å². The Morgan fingerprint density at radius 3 is 2.66 bits per heavy atom. The third kappa shape index (κ3) is 4.76. The predicted octanol–water partition coefficient (Wildman–Crippen LogP) is 4.89. The minimum Gasteiger partial charge on any atom is -0.497 e. The number of esters is 1. The highest BCUT2D eigenvalue weighted by Gasteiger charge is 2.33. The highest BCUT2D eigenvalue weighted by Crippen LogP contribution is 2.32. The summed E-state index contributed by atoms with van der Waals surface area (Å²) in [6, 6.07) is 17.4. The summed E-state index contributed by atoms with van der Waals surface area (Å²) in [5.41, 5.74) is 1.94. The highest BCUT2D eigenvalue weighted by atomic mass is 35.5. The van der Waals surface area contributed by atoms with Crippen LogP contribution in [0.4, 0.5) is 0 Å². The topological polar surface area (TPSA) is 83.0 Å². The molecule has 0 fully saturated rings. The molecule has 2 aromatic carbocycles. The SMILES string of the molecule is C=CCOC(=O)C1=C(C)N=c2s/c(=C/c3ccc(-c4ccccc4Cl)o3)c(=O)n2[C@H]1c1ccc(OC)cc1. The number of rotatable bonds is 7. The maximum absolute atomic E-state index is 13.7. The third-order valence-corrected chi connectivity index (χ3v) is 7.36. The first-order valence-electron chi connectivity index (χ1n) is 11.7. The summed E-state index contributed by atoms with van der Waals surface area (Å²) in [5.74, 6) is 1.18. The zero-order valence-electron chi connectivity index (χ0n) is 20.6. The van der Waals surface area contributed by atoms with Gasteiger partial charge < -0.3 is 13.9 Å². The third-order valence-electron chi connectivity index (χ3n) is 6.04. The van der Waals surface area contributed by atoms with Crippen LogP contribution in [0.5, 0.6) is 5.75 Å². The molecule has 1 aliphatic heterocycles. The summed E-state index contributed by atoms with van der Waals surface area (Å²) in [7, 11) is 1.58. The second-order valence-electron chi connectivity index (χ2n) is 8.42. The van der Waals surface area contributed by atoms with Crippen molar-refractivity contribution in [2.75, 3.05) is 13.7 Å². The Hall–Kier alpha value is -4.14. The van der Waals surface area contributed by atoms with Gasteiger partial charge in [0.2, 0.25) is 0 Å². The number of carbonyl (C=O) groups is 1. The molecule has 0 amide bonds. The Morgan fingerprint density at radius 2 is 1.95 bits per heavy atom. The van der Waals surface area contributed by atoms with Crippen molar-refractivity contribution in [2.24, 2.45) is 4.99 Å². The molecule has 9 heteroatoms. The van der Waals surface area contributed by atoms with Gasteiger partial charge in [-0.15, -0.1) is 0 Å². The first kappa shape index (κ1) is 25.5. The highest BCUT2D eigenvalue weighted by molar-refractivity contribution is 7.07. The Balaban J connectivity index is 1.63. The fourth-order valence-electron chi connectivity index (χ4n) is 4.26. The van der Waals surface area contributed by atoms with E-state index in [4.69, 9.17) is 25.5 Å². The maximum Gasteiger partial charge on any atom is 0.338 e. The van der Waals surface area contributed by atoms with E-state index < -0.39 is 12.0 Å². The number of ether oxygens (including phenoxy) is 2. The van der Waals surface area contributed by atoms with E-state index >= 15 is 0 Å². The van der Waals surface area contributed by atoms with Crippen LogP contribution in [0, 0.1) is 0 Å². The number of aromatic nitrogens is 1.